The molecular weight excluding hydrogens is 350 g/mol. The van der Waals surface area contributed by atoms with Crippen LogP contribution in [0.3, 0.4) is 0 Å². The maximum Gasteiger partial charge on any atom is 0.255 e. The molecule has 0 radical (unpaired) electrons. The maximum absolute atomic E-state index is 12.4. The van der Waals surface area contributed by atoms with Crippen LogP contribution in [0.5, 0.6) is 0 Å². The summed E-state index contributed by atoms with van der Waals surface area (Å²) in [5, 5.41) is 2.81. The van der Waals surface area contributed by atoms with Gasteiger partial charge in [0.25, 0.3) is 5.91 Å². The molecule has 0 spiro atoms. The van der Waals surface area contributed by atoms with Gasteiger partial charge in [0.05, 0.1) is 4.90 Å². The molecule has 1 heterocycles. The zero-order valence-corrected chi connectivity index (χ0v) is 15.8. The normalized spacial score (nSPS) is 15.7. The standard InChI is InChI=1S/C19H23N3O3S/c1-21-10-12-22(13-11-21)17-8-6-16(7-9-17)20-19(23)15-4-3-5-18(14-15)26(2,24)25/h3-9,14H,10-13H2,1-2H3,(H,20,23). The van der Waals surface area contributed by atoms with Gasteiger partial charge in [0.15, 0.2) is 9.84 Å². The topological polar surface area (TPSA) is 69.7 Å². The van der Waals surface area contributed by atoms with Crippen LogP contribution in [0.1, 0.15) is 10.4 Å². The van der Waals surface area contributed by atoms with E-state index in [1.54, 1.807) is 12.1 Å². The van der Waals surface area contributed by atoms with Gasteiger partial charge < -0.3 is 15.1 Å². The summed E-state index contributed by atoms with van der Waals surface area (Å²) in [7, 11) is -1.22. The SMILES string of the molecule is CN1CCN(c2ccc(NC(=O)c3cccc(S(C)(=O)=O)c3)cc2)CC1. The van der Waals surface area contributed by atoms with E-state index in [0.29, 0.717) is 11.3 Å². The molecule has 0 bridgehead atoms. The molecule has 2 aromatic carbocycles. The minimum atomic E-state index is -3.34. The van der Waals surface area contributed by atoms with E-state index >= 15 is 0 Å². The van der Waals surface area contributed by atoms with Gasteiger partial charge in [-0.1, -0.05) is 6.07 Å². The Labute approximate surface area is 154 Å². The van der Waals surface area contributed by atoms with E-state index in [9.17, 15) is 13.2 Å². The third kappa shape index (κ3) is 4.42. The molecule has 1 aliphatic heterocycles. The zero-order valence-electron chi connectivity index (χ0n) is 15.0. The lowest BCUT2D eigenvalue weighted by molar-refractivity contribution is 0.102. The molecular formula is C19H23N3O3S. The molecule has 0 aliphatic carbocycles. The predicted molar refractivity (Wildman–Crippen MR) is 104 cm³/mol. The van der Waals surface area contributed by atoms with E-state index in [1.807, 2.05) is 24.3 Å². The van der Waals surface area contributed by atoms with E-state index in [4.69, 9.17) is 0 Å². The highest BCUT2D eigenvalue weighted by atomic mass is 32.2. The minimum Gasteiger partial charge on any atom is -0.369 e. The third-order valence-corrected chi connectivity index (χ3v) is 5.63. The van der Waals surface area contributed by atoms with Crippen LogP contribution in [-0.4, -0.2) is 58.7 Å². The van der Waals surface area contributed by atoms with Gasteiger partial charge in [-0.25, -0.2) is 8.42 Å². The first-order valence-corrected chi connectivity index (χ1v) is 10.4. The van der Waals surface area contributed by atoms with Crippen molar-refractivity contribution in [1.29, 1.82) is 0 Å². The molecule has 138 valence electrons. The van der Waals surface area contributed by atoms with Gasteiger partial charge in [-0.15, -0.1) is 0 Å². The molecule has 1 N–H and O–H groups in total. The molecule has 1 fully saturated rings. The number of likely N-dealkylation sites (N-methyl/N-ethyl adjacent to an activating group) is 1. The highest BCUT2D eigenvalue weighted by Crippen LogP contribution is 2.20. The lowest BCUT2D eigenvalue weighted by Crippen LogP contribution is -2.44. The van der Waals surface area contributed by atoms with Crippen molar-refractivity contribution >= 4 is 27.1 Å². The number of benzene rings is 2. The van der Waals surface area contributed by atoms with Crippen molar-refractivity contribution in [1.82, 2.24) is 4.90 Å². The van der Waals surface area contributed by atoms with Gasteiger partial charge >= 0.3 is 0 Å². The number of nitrogens with zero attached hydrogens (tertiary/aromatic N) is 2. The number of hydrogen-bond acceptors (Lipinski definition) is 5. The molecule has 2 aromatic rings. The Bertz CT molecular complexity index is 887. The lowest BCUT2D eigenvalue weighted by atomic mass is 10.2. The average molecular weight is 373 g/mol. The van der Waals surface area contributed by atoms with Crippen LogP contribution in [0, 0.1) is 0 Å². The molecule has 1 amide bonds. The summed E-state index contributed by atoms with van der Waals surface area (Å²) in [5.41, 5.74) is 2.13. The van der Waals surface area contributed by atoms with E-state index in [1.165, 1.54) is 12.1 Å². The van der Waals surface area contributed by atoms with Crippen molar-refractivity contribution < 1.29 is 13.2 Å². The Morgan fingerprint density at radius 1 is 1.00 bits per heavy atom. The summed E-state index contributed by atoms with van der Waals surface area (Å²) in [4.78, 5) is 17.2. The quantitative estimate of drug-likeness (QED) is 0.889. The highest BCUT2D eigenvalue weighted by Gasteiger charge is 2.15. The van der Waals surface area contributed by atoms with Gasteiger partial charge in [-0.2, -0.15) is 0 Å². The minimum absolute atomic E-state index is 0.135. The first kappa shape index (κ1) is 18.4. The second kappa shape index (κ2) is 7.47. The van der Waals surface area contributed by atoms with Crippen molar-refractivity contribution in [3.8, 4) is 0 Å². The van der Waals surface area contributed by atoms with E-state index in [2.05, 4.69) is 22.2 Å². The summed E-state index contributed by atoms with van der Waals surface area (Å²) in [5.74, 6) is -0.331. The molecule has 1 aliphatic rings. The van der Waals surface area contributed by atoms with Crippen molar-refractivity contribution in [3.05, 3.63) is 54.1 Å². The second-order valence-corrected chi connectivity index (χ2v) is 8.61. The summed E-state index contributed by atoms with van der Waals surface area (Å²) in [6, 6.07) is 13.8. The van der Waals surface area contributed by atoms with Gasteiger partial charge in [0.2, 0.25) is 0 Å². The number of rotatable bonds is 4. The zero-order chi connectivity index (χ0) is 18.7. The van der Waals surface area contributed by atoms with Gasteiger partial charge in [0.1, 0.15) is 0 Å². The van der Waals surface area contributed by atoms with Gasteiger partial charge in [-0.3, -0.25) is 4.79 Å². The number of nitrogens with one attached hydrogen (secondary N) is 1. The maximum atomic E-state index is 12.4. The number of sulfone groups is 1. The Balaban J connectivity index is 1.68. The third-order valence-electron chi connectivity index (χ3n) is 4.52. The highest BCUT2D eigenvalue weighted by molar-refractivity contribution is 7.90. The Morgan fingerprint density at radius 3 is 2.27 bits per heavy atom. The fourth-order valence-electron chi connectivity index (χ4n) is 2.89. The summed E-state index contributed by atoms with van der Waals surface area (Å²) >= 11 is 0. The molecule has 26 heavy (non-hydrogen) atoms. The van der Waals surface area contributed by atoms with E-state index < -0.39 is 9.84 Å². The number of anilines is 2. The molecule has 6 nitrogen and oxygen atoms in total. The van der Waals surface area contributed by atoms with Crippen LogP contribution < -0.4 is 10.2 Å². The fraction of sp³-hybridized carbons (Fsp3) is 0.316. The fourth-order valence-corrected chi connectivity index (χ4v) is 3.56. The molecule has 0 saturated carbocycles. The summed E-state index contributed by atoms with van der Waals surface area (Å²) in [6.45, 7) is 4.05. The van der Waals surface area contributed by atoms with Crippen LogP contribution >= 0.6 is 0 Å². The molecule has 0 unspecified atom stereocenters. The molecule has 0 aromatic heterocycles. The first-order valence-electron chi connectivity index (χ1n) is 8.48. The molecule has 3 rings (SSSR count). The van der Waals surface area contributed by atoms with Crippen LogP contribution in [0.4, 0.5) is 11.4 Å². The number of piperazine rings is 1. The van der Waals surface area contributed by atoms with Crippen molar-refractivity contribution in [3.63, 3.8) is 0 Å². The number of carbonyl (C=O) groups excluding carboxylic acids is 1. The van der Waals surface area contributed by atoms with Gasteiger partial charge in [0, 0.05) is 49.4 Å². The number of carbonyl (C=O) groups is 1. The Kier molecular flexibility index (Phi) is 5.29. The number of amides is 1. The average Bonchev–Trinajstić information content (AvgIpc) is 2.62. The largest absolute Gasteiger partial charge is 0.369 e. The summed E-state index contributed by atoms with van der Waals surface area (Å²) in [6.07, 6.45) is 1.13. The molecule has 7 heteroatoms. The first-order chi connectivity index (χ1) is 12.3. The Morgan fingerprint density at radius 2 is 1.65 bits per heavy atom. The van der Waals surface area contributed by atoms with Crippen LogP contribution in [0.15, 0.2) is 53.4 Å². The van der Waals surface area contributed by atoms with E-state index in [0.717, 1.165) is 38.1 Å². The molecule has 0 atom stereocenters. The van der Waals surface area contributed by atoms with Crippen molar-refractivity contribution in [2.24, 2.45) is 0 Å². The van der Waals surface area contributed by atoms with Crippen LogP contribution in [0.2, 0.25) is 0 Å². The smallest absolute Gasteiger partial charge is 0.255 e. The van der Waals surface area contributed by atoms with Gasteiger partial charge in [-0.05, 0) is 49.5 Å². The van der Waals surface area contributed by atoms with Crippen molar-refractivity contribution in [2.45, 2.75) is 4.90 Å². The van der Waals surface area contributed by atoms with E-state index in [-0.39, 0.29) is 10.8 Å². The molecule has 1 saturated heterocycles. The monoisotopic (exact) mass is 373 g/mol. The summed E-state index contributed by atoms with van der Waals surface area (Å²) < 4.78 is 23.3. The predicted octanol–water partition coefficient (Wildman–Crippen LogP) is 2.09. The second-order valence-electron chi connectivity index (χ2n) is 6.59. The Hall–Kier alpha value is -2.38. The number of hydrogen-bond donors (Lipinski definition) is 1. The lowest BCUT2D eigenvalue weighted by Gasteiger charge is -2.34. The van der Waals surface area contributed by atoms with Crippen LogP contribution in [0.25, 0.3) is 0 Å². The van der Waals surface area contributed by atoms with Crippen molar-refractivity contribution in [2.75, 3.05) is 49.7 Å². The van der Waals surface area contributed by atoms with Crippen LogP contribution in [-0.2, 0) is 9.84 Å².